The van der Waals surface area contributed by atoms with Gasteiger partial charge in [-0.15, -0.1) is 0 Å². The molecule has 5 nitrogen and oxygen atoms in total. The summed E-state index contributed by atoms with van der Waals surface area (Å²) >= 11 is 5.83. The second-order valence-corrected chi connectivity index (χ2v) is 7.90. The van der Waals surface area contributed by atoms with Crippen molar-refractivity contribution >= 4 is 33.2 Å². The quantitative estimate of drug-likeness (QED) is 0.825. The van der Waals surface area contributed by atoms with Gasteiger partial charge in [-0.1, -0.05) is 31.5 Å². The molecule has 0 aliphatic heterocycles. The number of hydrogen-bond donors (Lipinski definition) is 1. The van der Waals surface area contributed by atoms with Gasteiger partial charge in [-0.3, -0.25) is 4.79 Å². The average Bonchev–Trinajstić information content (AvgIpc) is 2.58. The van der Waals surface area contributed by atoms with Gasteiger partial charge in [0.1, 0.15) is 0 Å². The van der Waals surface area contributed by atoms with E-state index in [9.17, 15) is 13.2 Å². The van der Waals surface area contributed by atoms with Crippen LogP contribution in [0.2, 0.25) is 5.02 Å². The van der Waals surface area contributed by atoms with Crippen LogP contribution in [0.25, 0.3) is 0 Å². The summed E-state index contributed by atoms with van der Waals surface area (Å²) in [5.74, 6) is -0.364. The van der Waals surface area contributed by atoms with Crippen LogP contribution in [0.4, 0.5) is 5.69 Å². The van der Waals surface area contributed by atoms with Crippen molar-refractivity contribution in [2.24, 2.45) is 0 Å². The van der Waals surface area contributed by atoms with Crippen molar-refractivity contribution < 1.29 is 13.2 Å². The molecule has 25 heavy (non-hydrogen) atoms. The van der Waals surface area contributed by atoms with E-state index in [4.69, 9.17) is 11.6 Å². The van der Waals surface area contributed by atoms with Gasteiger partial charge in [0, 0.05) is 29.4 Å². The van der Waals surface area contributed by atoms with Crippen molar-refractivity contribution in [1.82, 2.24) is 4.31 Å². The van der Waals surface area contributed by atoms with Crippen LogP contribution in [0, 0.1) is 6.92 Å². The third-order valence-electron chi connectivity index (χ3n) is 3.90. The summed E-state index contributed by atoms with van der Waals surface area (Å²) in [6.45, 7) is 6.08. The van der Waals surface area contributed by atoms with E-state index in [0.717, 1.165) is 0 Å². The smallest absolute Gasteiger partial charge is 0.255 e. The molecule has 7 heteroatoms. The summed E-state index contributed by atoms with van der Waals surface area (Å²) in [5, 5.41) is 3.33. The third kappa shape index (κ3) is 4.39. The monoisotopic (exact) mass is 380 g/mol. The SMILES string of the molecule is CCN(CC)S(=O)(=O)c1ccc(C)c(C(=O)Nc2ccc(Cl)cc2)c1. The summed E-state index contributed by atoms with van der Waals surface area (Å²) in [4.78, 5) is 12.7. The van der Waals surface area contributed by atoms with Gasteiger partial charge in [0.25, 0.3) is 5.91 Å². The van der Waals surface area contributed by atoms with Crippen molar-refractivity contribution in [3.63, 3.8) is 0 Å². The van der Waals surface area contributed by atoms with Gasteiger partial charge in [-0.2, -0.15) is 4.31 Å². The number of hydrogen-bond acceptors (Lipinski definition) is 3. The number of anilines is 1. The van der Waals surface area contributed by atoms with Crippen molar-refractivity contribution in [3.05, 3.63) is 58.6 Å². The Morgan fingerprint density at radius 1 is 1.08 bits per heavy atom. The molecule has 0 atom stereocenters. The molecule has 0 aliphatic carbocycles. The molecule has 2 rings (SSSR count). The van der Waals surface area contributed by atoms with Crippen LogP contribution < -0.4 is 5.32 Å². The number of nitrogens with zero attached hydrogens (tertiary/aromatic N) is 1. The number of carbonyl (C=O) groups is 1. The molecule has 0 fully saturated rings. The number of amides is 1. The van der Waals surface area contributed by atoms with E-state index in [0.29, 0.717) is 34.9 Å². The van der Waals surface area contributed by atoms with E-state index in [2.05, 4.69) is 5.32 Å². The topological polar surface area (TPSA) is 66.5 Å². The second kappa shape index (κ2) is 7.99. The van der Waals surface area contributed by atoms with Gasteiger partial charge < -0.3 is 5.32 Å². The van der Waals surface area contributed by atoms with Gasteiger partial charge in [0.2, 0.25) is 10.0 Å². The Labute approximate surface area is 153 Å². The van der Waals surface area contributed by atoms with Crippen LogP contribution in [0.1, 0.15) is 29.8 Å². The Kier molecular flexibility index (Phi) is 6.21. The maximum atomic E-state index is 12.7. The number of rotatable bonds is 6. The standard InChI is InChI=1S/C18H21ClN2O3S/c1-4-21(5-2)25(23,24)16-11-6-13(3)17(12-16)18(22)20-15-9-7-14(19)8-10-15/h6-12H,4-5H2,1-3H3,(H,20,22). The molecule has 0 saturated heterocycles. The van der Waals surface area contributed by atoms with Crippen LogP contribution in [0.3, 0.4) is 0 Å². The van der Waals surface area contributed by atoms with Gasteiger partial charge in [-0.05, 0) is 48.9 Å². The fourth-order valence-corrected chi connectivity index (χ4v) is 4.06. The normalized spacial score (nSPS) is 11.6. The third-order valence-corrected chi connectivity index (χ3v) is 6.20. The minimum Gasteiger partial charge on any atom is -0.322 e. The zero-order valence-electron chi connectivity index (χ0n) is 14.4. The number of benzene rings is 2. The molecule has 2 aromatic rings. The van der Waals surface area contributed by atoms with E-state index in [-0.39, 0.29) is 10.8 Å². The predicted octanol–water partition coefficient (Wildman–Crippen LogP) is 3.93. The van der Waals surface area contributed by atoms with Gasteiger partial charge in [0.05, 0.1) is 4.90 Å². The highest BCUT2D eigenvalue weighted by Gasteiger charge is 2.23. The van der Waals surface area contributed by atoms with Crippen LogP contribution in [0.5, 0.6) is 0 Å². The molecule has 0 radical (unpaired) electrons. The van der Waals surface area contributed by atoms with Crippen molar-refractivity contribution in [2.75, 3.05) is 18.4 Å². The molecular formula is C18H21ClN2O3S. The predicted molar refractivity (Wildman–Crippen MR) is 101 cm³/mol. The summed E-state index contributed by atoms with van der Waals surface area (Å²) in [5.41, 5.74) is 1.61. The first kappa shape index (κ1) is 19.4. The Morgan fingerprint density at radius 2 is 1.68 bits per heavy atom. The first-order valence-corrected chi connectivity index (χ1v) is 9.79. The lowest BCUT2D eigenvalue weighted by Crippen LogP contribution is -2.30. The van der Waals surface area contributed by atoms with Crippen LogP contribution >= 0.6 is 11.6 Å². The second-order valence-electron chi connectivity index (χ2n) is 5.53. The zero-order valence-corrected chi connectivity index (χ0v) is 16.0. The van der Waals surface area contributed by atoms with E-state index in [1.807, 2.05) is 0 Å². The Morgan fingerprint density at radius 3 is 2.24 bits per heavy atom. The van der Waals surface area contributed by atoms with Gasteiger partial charge >= 0.3 is 0 Å². The summed E-state index contributed by atoms with van der Waals surface area (Å²) < 4.78 is 26.7. The maximum absolute atomic E-state index is 12.7. The largest absolute Gasteiger partial charge is 0.322 e. The maximum Gasteiger partial charge on any atom is 0.255 e. The highest BCUT2D eigenvalue weighted by molar-refractivity contribution is 7.89. The minimum absolute atomic E-state index is 0.114. The minimum atomic E-state index is -3.62. The number of nitrogens with one attached hydrogen (secondary N) is 1. The zero-order chi connectivity index (χ0) is 18.6. The molecule has 134 valence electrons. The van der Waals surface area contributed by atoms with Crippen molar-refractivity contribution in [1.29, 1.82) is 0 Å². The van der Waals surface area contributed by atoms with Crippen LogP contribution in [-0.2, 0) is 10.0 Å². The molecule has 0 aliphatic rings. The molecule has 0 aromatic heterocycles. The lowest BCUT2D eigenvalue weighted by Gasteiger charge is -2.19. The molecule has 1 N–H and O–H groups in total. The molecule has 0 unspecified atom stereocenters. The van der Waals surface area contributed by atoms with Gasteiger partial charge in [-0.25, -0.2) is 8.42 Å². The lowest BCUT2D eigenvalue weighted by molar-refractivity contribution is 0.102. The number of halogens is 1. The summed E-state index contributed by atoms with van der Waals surface area (Å²) in [6.07, 6.45) is 0. The Bertz CT molecular complexity index is 860. The summed E-state index contributed by atoms with van der Waals surface area (Å²) in [7, 11) is -3.62. The first-order valence-electron chi connectivity index (χ1n) is 7.97. The Hall–Kier alpha value is -1.89. The number of sulfonamides is 1. The van der Waals surface area contributed by atoms with E-state index < -0.39 is 10.0 Å². The Balaban J connectivity index is 2.35. The molecule has 0 bridgehead atoms. The summed E-state index contributed by atoms with van der Waals surface area (Å²) in [6, 6.07) is 11.3. The van der Waals surface area contributed by atoms with Crippen LogP contribution in [-0.4, -0.2) is 31.7 Å². The fraction of sp³-hybridized carbons (Fsp3) is 0.278. The molecule has 2 aromatic carbocycles. The molecule has 0 saturated carbocycles. The van der Waals surface area contributed by atoms with E-state index in [1.54, 1.807) is 51.1 Å². The number of carbonyl (C=O) groups excluding carboxylic acids is 1. The van der Waals surface area contributed by atoms with Crippen LogP contribution in [0.15, 0.2) is 47.4 Å². The van der Waals surface area contributed by atoms with Gasteiger partial charge in [0.15, 0.2) is 0 Å². The highest BCUT2D eigenvalue weighted by atomic mass is 35.5. The molecular weight excluding hydrogens is 360 g/mol. The first-order chi connectivity index (χ1) is 11.8. The van der Waals surface area contributed by atoms with Crippen molar-refractivity contribution in [3.8, 4) is 0 Å². The number of aryl methyl sites for hydroxylation is 1. The van der Waals surface area contributed by atoms with Crippen molar-refractivity contribution in [2.45, 2.75) is 25.7 Å². The fourth-order valence-electron chi connectivity index (χ4n) is 2.45. The highest BCUT2D eigenvalue weighted by Crippen LogP contribution is 2.21. The van der Waals surface area contributed by atoms with E-state index >= 15 is 0 Å². The molecule has 0 spiro atoms. The lowest BCUT2D eigenvalue weighted by atomic mass is 10.1. The molecule has 1 amide bonds. The molecule has 0 heterocycles. The average molecular weight is 381 g/mol. The van der Waals surface area contributed by atoms with E-state index in [1.165, 1.54) is 16.4 Å².